The number of piperidine rings is 1. The molecule has 0 aliphatic carbocycles. The molecule has 1 unspecified atom stereocenters. The number of furan rings is 1. The maximum Gasteiger partial charge on any atom is 0.224 e. The minimum atomic E-state index is -1.06. The molecule has 0 radical (unpaired) electrons. The van der Waals surface area contributed by atoms with Gasteiger partial charge in [-0.25, -0.2) is 0 Å². The maximum atomic E-state index is 11.6. The van der Waals surface area contributed by atoms with Gasteiger partial charge in [0.2, 0.25) is 5.91 Å². The molecule has 0 aromatic carbocycles. The third-order valence-electron chi connectivity index (χ3n) is 3.04. The molecule has 0 spiro atoms. The summed E-state index contributed by atoms with van der Waals surface area (Å²) >= 11 is 0. The first-order valence-corrected chi connectivity index (χ1v) is 5.86. The molecule has 2 heterocycles. The Hall–Kier alpha value is -1.33. The molecule has 1 aliphatic rings. The predicted octanol–water partition coefficient (Wildman–Crippen LogP) is 0.514. The molecule has 0 bridgehead atoms. The highest BCUT2D eigenvalue weighted by molar-refractivity contribution is 5.77. The highest BCUT2D eigenvalue weighted by atomic mass is 16.3. The molecule has 2 atom stereocenters. The molecule has 94 valence electrons. The molecule has 1 fully saturated rings. The van der Waals surface area contributed by atoms with Crippen molar-refractivity contribution in [1.29, 1.82) is 0 Å². The van der Waals surface area contributed by atoms with Gasteiger partial charge in [0.25, 0.3) is 0 Å². The third kappa shape index (κ3) is 2.87. The zero-order valence-electron chi connectivity index (χ0n) is 9.58. The number of aliphatic hydroxyl groups excluding tert-OH is 2. The maximum absolute atomic E-state index is 11.6. The Morgan fingerprint density at radius 1 is 1.47 bits per heavy atom. The van der Waals surface area contributed by atoms with Crippen LogP contribution in [0.2, 0.25) is 0 Å². The zero-order chi connectivity index (χ0) is 12.3. The Labute approximate surface area is 99.6 Å². The summed E-state index contributed by atoms with van der Waals surface area (Å²) in [4.78, 5) is 12.9. The molecule has 5 nitrogen and oxygen atoms in total. The van der Waals surface area contributed by atoms with E-state index in [1.54, 1.807) is 6.26 Å². The van der Waals surface area contributed by atoms with E-state index in [2.05, 4.69) is 0 Å². The van der Waals surface area contributed by atoms with Crippen molar-refractivity contribution in [2.45, 2.75) is 38.0 Å². The van der Waals surface area contributed by atoms with E-state index in [1.165, 1.54) is 4.90 Å². The summed E-state index contributed by atoms with van der Waals surface area (Å²) in [6.07, 6.45) is 1.81. The van der Waals surface area contributed by atoms with Gasteiger partial charge in [-0.3, -0.25) is 4.79 Å². The van der Waals surface area contributed by atoms with E-state index >= 15 is 0 Å². The molecule has 1 aliphatic heterocycles. The van der Waals surface area contributed by atoms with Gasteiger partial charge in [-0.1, -0.05) is 0 Å². The van der Waals surface area contributed by atoms with Crippen LogP contribution < -0.4 is 0 Å². The molecular weight excluding hydrogens is 222 g/mol. The molecule has 1 saturated heterocycles. The largest absolute Gasteiger partial charge is 0.469 e. The summed E-state index contributed by atoms with van der Waals surface area (Å²) in [7, 11) is 0. The number of aliphatic hydroxyl groups is 2. The standard InChI is InChI=1S/C12H17NO4/c14-10-5-6-11(15)13(12(10)16)7-1-3-9-4-2-8-17-9/h2,4,8,10,12,14,16H,1,3,5-7H2/t10-,12?/m0/s1. The fourth-order valence-electron chi connectivity index (χ4n) is 2.05. The van der Waals surface area contributed by atoms with Crippen LogP contribution in [0.25, 0.3) is 0 Å². The average Bonchev–Trinajstić information content (AvgIpc) is 2.81. The number of aryl methyl sites for hydroxylation is 1. The summed E-state index contributed by atoms with van der Waals surface area (Å²) in [5, 5.41) is 19.2. The van der Waals surface area contributed by atoms with Crippen molar-refractivity contribution >= 4 is 5.91 Å². The Balaban J connectivity index is 1.82. The molecule has 0 saturated carbocycles. The fraction of sp³-hybridized carbons (Fsp3) is 0.583. The van der Waals surface area contributed by atoms with Gasteiger partial charge in [-0.2, -0.15) is 0 Å². The lowest BCUT2D eigenvalue weighted by atomic mass is 10.1. The molecule has 1 aromatic heterocycles. The molecular formula is C12H17NO4. The number of likely N-dealkylation sites (tertiary alicyclic amines) is 1. The van der Waals surface area contributed by atoms with Crippen LogP contribution in [0.1, 0.15) is 25.0 Å². The molecule has 5 heteroatoms. The smallest absolute Gasteiger partial charge is 0.224 e. The molecule has 1 aromatic rings. The van der Waals surface area contributed by atoms with Crippen molar-refractivity contribution in [1.82, 2.24) is 4.90 Å². The van der Waals surface area contributed by atoms with Gasteiger partial charge in [-0.05, 0) is 25.0 Å². The lowest BCUT2D eigenvalue weighted by Gasteiger charge is -2.35. The van der Waals surface area contributed by atoms with Gasteiger partial charge in [-0.15, -0.1) is 0 Å². The van der Waals surface area contributed by atoms with E-state index in [-0.39, 0.29) is 5.91 Å². The Bertz CT molecular complexity index is 363. The summed E-state index contributed by atoms with van der Waals surface area (Å²) < 4.78 is 5.18. The number of nitrogens with zero attached hydrogens (tertiary/aromatic N) is 1. The van der Waals surface area contributed by atoms with Crippen LogP contribution in [0.3, 0.4) is 0 Å². The zero-order valence-corrected chi connectivity index (χ0v) is 9.58. The normalized spacial score (nSPS) is 25.3. The lowest BCUT2D eigenvalue weighted by molar-refractivity contribution is -0.161. The minimum Gasteiger partial charge on any atom is -0.469 e. The second-order valence-electron chi connectivity index (χ2n) is 4.29. The monoisotopic (exact) mass is 239 g/mol. The van der Waals surface area contributed by atoms with Crippen LogP contribution in [-0.4, -0.2) is 39.9 Å². The Morgan fingerprint density at radius 2 is 2.29 bits per heavy atom. The van der Waals surface area contributed by atoms with Crippen LogP contribution in [0.15, 0.2) is 22.8 Å². The third-order valence-corrected chi connectivity index (χ3v) is 3.04. The Kier molecular flexibility index (Phi) is 3.81. The second kappa shape index (κ2) is 5.33. The van der Waals surface area contributed by atoms with E-state index in [1.807, 2.05) is 12.1 Å². The average molecular weight is 239 g/mol. The van der Waals surface area contributed by atoms with Crippen molar-refractivity contribution in [3.63, 3.8) is 0 Å². The van der Waals surface area contributed by atoms with Crippen LogP contribution >= 0.6 is 0 Å². The van der Waals surface area contributed by atoms with Crippen LogP contribution in [-0.2, 0) is 11.2 Å². The van der Waals surface area contributed by atoms with E-state index in [4.69, 9.17) is 4.42 Å². The fourth-order valence-corrected chi connectivity index (χ4v) is 2.05. The van der Waals surface area contributed by atoms with Crippen molar-refractivity contribution < 1.29 is 19.4 Å². The first-order chi connectivity index (χ1) is 8.18. The first kappa shape index (κ1) is 12.1. The van der Waals surface area contributed by atoms with Gasteiger partial charge in [0.05, 0.1) is 12.4 Å². The highest BCUT2D eigenvalue weighted by Crippen LogP contribution is 2.17. The summed E-state index contributed by atoms with van der Waals surface area (Å²) in [5.74, 6) is 0.770. The number of carbonyl (C=O) groups excluding carboxylic acids is 1. The van der Waals surface area contributed by atoms with Crippen molar-refractivity contribution in [3.8, 4) is 0 Å². The van der Waals surface area contributed by atoms with E-state index in [0.29, 0.717) is 25.8 Å². The van der Waals surface area contributed by atoms with Gasteiger partial charge >= 0.3 is 0 Å². The van der Waals surface area contributed by atoms with Crippen LogP contribution in [0.5, 0.6) is 0 Å². The first-order valence-electron chi connectivity index (χ1n) is 5.86. The van der Waals surface area contributed by atoms with E-state index < -0.39 is 12.3 Å². The molecule has 2 rings (SSSR count). The quantitative estimate of drug-likeness (QED) is 0.803. The number of hydrogen-bond donors (Lipinski definition) is 2. The van der Waals surface area contributed by atoms with E-state index in [0.717, 1.165) is 12.2 Å². The van der Waals surface area contributed by atoms with Crippen LogP contribution in [0.4, 0.5) is 0 Å². The predicted molar refractivity (Wildman–Crippen MR) is 60.0 cm³/mol. The van der Waals surface area contributed by atoms with E-state index in [9.17, 15) is 15.0 Å². The van der Waals surface area contributed by atoms with Gasteiger partial charge < -0.3 is 19.5 Å². The number of amides is 1. The van der Waals surface area contributed by atoms with Crippen molar-refractivity contribution in [2.75, 3.05) is 6.54 Å². The topological polar surface area (TPSA) is 73.9 Å². The lowest BCUT2D eigenvalue weighted by Crippen LogP contribution is -2.51. The summed E-state index contributed by atoms with van der Waals surface area (Å²) in [6.45, 7) is 0.442. The SMILES string of the molecule is O=C1CC[C@H](O)C(O)N1CCCc1ccco1. The molecule has 1 amide bonds. The number of rotatable bonds is 4. The van der Waals surface area contributed by atoms with Crippen molar-refractivity contribution in [2.24, 2.45) is 0 Å². The number of hydrogen-bond acceptors (Lipinski definition) is 4. The van der Waals surface area contributed by atoms with Gasteiger partial charge in [0, 0.05) is 19.4 Å². The van der Waals surface area contributed by atoms with Crippen molar-refractivity contribution in [3.05, 3.63) is 24.2 Å². The summed E-state index contributed by atoms with van der Waals surface area (Å²) in [5.41, 5.74) is 0. The van der Waals surface area contributed by atoms with Gasteiger partial charge in [0.1, 0.15) is 5.76 Å². The second-order valence-corrected chi connectivity index (χ2v) is 4.29. The van der Waals surface area contributed by atoms with Crippen LogP contribution in [0, 0.1) is 0 Å². The van der Waals surface area contributed by atoms with Gasteiger partial charge in [0.15, 0.2) is 6.23 Å². The highest BCUT2D eigenvalue weighted by Gasteiger charge is 2.32. The Morgan fingerprint density at radius 3 is 3.00 bits per heavy atom. The molecule has 2 N–H and O–H groups in total. The molecule has 17 heavy (non-hydrogen) atoms. The number of carbonyl (C=O) groups is 1. The minimum absolute atomic E-state index is 0.0951. The summed E-state index contributed by atoms with van der Waals surface area (Å²) in [6, 6.07) is 3.70.